The van der Waals surface area contributed by atoms with Crippen molar-refractivity contribution in [1.82, 2.24) is 10.0 Å². The second-order valence-electron chi connectivity index (χ2n) is 6.11. The average molecular weight is 484 g/mol. The number of methoxy groups -OCH3 is 1. The molecule has 0 fully saturated rings. The molecular weight excluding hydrogens is 462 g/mol. The Balaban J connectivity index is 1.79. The van der Waals surface area contributed by atoms with E-state index in [4.69, 9.17) is 4.74 Å². The van der Waals surface area contributed by atoms with Crippen LogP contribution >= 0.6 is 15.9 Å². The van der Waals surface area contributed by atoms with E-state index in [2.05, 4.69) is 31.3 Å². The van der Waals surface area contributed by atoms with Gasteiger partial charge in [0.05, 0.1) is 24.2 Å². The van der Waals surface area contributed by atoms with Gasteiger partial charge in [0.25, 0.3) is 0 Å². The maximum atomic E-state index is 12.2. The first kappa shape index (κ1) is 22.9. The minimum absolute atomic E-state index is 0.0897. The molecule has 0 radical (unpaired) electrons. The first-order chi connectivity index (χ1) is 13.7. The van der Waals surface area contributed by atoms with Gasteiger partial charge in [0.2, 0.25) is 21.8 Å². The van der Waals surface area contributed by atoms with Gasteiger partial charge in [-0.1, -0.05) is 18.2 Å². The van der Waals surface area contributed by atoms with Gasteiger partial charge in [-0.15, -0.1) is 0 Å². The van der Waals surface area contributed by atoms with Crippen LogP contribution in [0.3, 0.4) is 0 Å². The lowest BCUT2D eigenvalue weighted by Crippen LogP contribution is -2.35. The second-order valence-corrected chi connectivity index (χ2v) is 8.70. The Hall–Kier alpha value is -2.43. The summed E-state index contributed by atoms with van der Waals surface area (Å²) in [5.74, 6) is -0.362. The number of ether oxygens (including phenoxy) is 1. The molecule has 0 aliphatic carbocycles. The van der Waals surface area contributed by atoms with Crippen LogP contribution in [0, 0.1) is 6.92 Å². The van der Waals surface area contributed by atoms with E-state index in [0.717, 1.165) is 5.56 Å². The summed E-state index contributed by atoms with van der Waals surface area (Å²) in [7, 11) is -2.24. The molecule has 2 aromatic rings. The monoisotopic (exact) mass is 483 g/mol. The summed E-state index contributed by atoms with van der Waals surface area (Å²) in [4.78, 5) is 24.1. The zero-order chi connectivity index (χ0) is 21.4. The lowest BCUT2D eigenvalue weighted by Gasteiger charge is -2.12. The molecule has 8 nitrogen and oxygen atoms in total. The lowest BCUT2D eigenvalue weighted by atomic mass is 10.2. The van der Waals surface area contributed by atoms with E-state index in [-0.39, 0.29) is 24.4 Å². The van der Waals surface area contributed by atoms with Gasteiger partial charge in [-0.2, -0.15) is 0 Å². The van der Waals surface area contributed by atoms with E-state index in [1.54, 1.807) is 30.3 Å². The van der Waals surface area contributed by atoms with Crippen molar-refractivity contribution in [2.45, 2.75) is 18.2 Å². The number of nitrogens with one attached hydrogen (secondary N) is 3. The van der Waals surface area contributed by atoms with Gasteiger partial charge >= 0.3 is 0 Å². The number of anilines is 1. The molecule has 29 heavy (non-hydrogen) atoms. The number of carbonyl (C=O) groups is 2. The number of benzene rings is 2. The van der Waals surface area contributed by atoms with Crippen molar-refractivity contribution in [3.63, 3.8) is 0 Å². The van der Waals surface area contributed by atoms with Crippen LogP contribution in [0.2, 0.25) is 0 Å². The highest BCUT2D eigenvalue weighted by Gasteiger charge is 2.17. The average Bonchev–Trinajstić information content (AvgIpc) is 2.66. The molecule has 2 amide bonds. The molecule has 10 heteroatoms. The summed E-state index contributed by atoms with van der Waals surface area (Å²) in [6.45, 7) is 1.54. The van der Waals surface area contributed by atoms with E-state index in [9.17, 15) is 18.0 Å². The number of carbonyl (C=O) groups excluding carboxylic acids is 2. The summed E-state index contributed by atoms with van der Waals surface area (Å²) in [6, 6.07) is 11.7. The predicted octanol–water partition coefficient (Wildman–Crippen LogP) is 2.19. The molecular formula is C19H22BrN3O5S. The highest BCUT2D eigenvalue weighted by molar-refractivity contribution is 9.10. The normalized spacial score (nSPS) is 11.0. The molecule has 3 N–H and O–H groups in total. The van der Waals surface area contributed by atoms with Crippen LogP contribution in [-0.2, 0) is 19.6 Å². The van der Waals surface area contributed by atoms with Crippen molar-refractivity contribution in [3.05, 3.63) is 52.5 Å². The molecule has 0 saturated carbocycles. The molecule has 156 valence electrons. The van der Waals surface area contributed by atoms with E-state index in [1.165, 1.54) is 13.2 Å². The minimum Gasteiger partial charge on any atom is -0.495 e. The third-order valence-electron chi connectivity index (χ3n) is 3.85. The molecule has 0 spiro atoms. The zero-order valence-electron chi connectivity index (χ0n) is 16.0. The Morgan fingerprint density at radius 3 is 2.52 bits per heavy atom. The molecule has 0 heterocycles. The number of sulfonamides is 1. The quantitative estimate of drug-likeness (QED) is 0.505. The number of aryl methyl sites for hydroxylation is 1. The first-order valence-electron chi connectivity index (χ1n) is 8.68. The van der Waals surface area contributed by atoms with E-state index in [1.807, 2.05) is 13.0 Å². The smallest absolute Gasteiger partial charge is 0.243 e. The number of hydrogen-bond acceptors (Lipinski definition) is 5. The second kappa shape index (κ2) is 10.4. The van der Waals surface area contributed by atoms with Crippen LogP contribution in [0.5, 0.6) is 5.75 Å². The summed E-state index contributed by atoms with van der Waals surface area (Å²) < 4.78 is 32.5. The third-order valence-corrected chi connectivity index (χ3v) is 6.32. The molecule has 2 rings (SSSR count). The molecule has 0 saturated heterocycles. The van der Waals surface area contributed by atoms with Crippen LogP contribution in [-0.4, -0.2) is 40.4 Å². The molecule has 0 aliphatic heterocycles. The van der Waals surface area contributed by atoms with Gasteiger partial charge in [-0.05, 0) is 52.7 Å². The van der Waals surface area contributed by atoms with Gasteiger partial charge in [-0.25, -0.2) is 13.1 Å². The summed E-state index contributed by atoms with van der Waals surface area (Å²) in [5.41, 5.74) is 1.45. The van der Waals surface area contributed by atoms with Crippen molar-refractivity contribution in [2.75, 3.05) is 25.5 Å². The summed E-state index contributed by atoms with van der Waals surface area (Å²) in [6.07, 6.45) is -0.106. The molecule has 0 atom stereocenters. The van der Waals surface area contributed by atoms with Crippen LogP contribution in [0.15, 0.2) is 51.8 Å². The van der Waals surface area contributed by atoms with E-state index < -0.39 is 21.8 Å². The van der Waals surface area contributed by atoms with Crippen LogP contribution in [0.4, 0.5) is 5.69 Å². The Labute approximate surface area is 178 Å². The minimum atomic E-state index is -3.74. The molecule has 0 unspecified atom stereocenters. The standard InChI is InChI=1S/C19H22BrN3O5S/c1-13-7-8-16(28-2)15(11-13)23-19(25)12-21-18(24)9-10-22-29(26,27)17-6-4-3-5-14(17)20/h3-8,11,22H,9-10,12H2,1-2H3,(H,21,24)(H,23,25). The fourth-order valence-electron chi connectivity index (χ4n) is 2.42. The Bertz CT molecular complexity index is 995. The number of rotatable bonds is 9. The largest absolute Gasteiger partial charge is 0.495 e. The molecule has 0 aliphatic rings. The Kier molecular flexibility index (Phi) is 8.18. The Morgan fingerprint density at radius 2 is 1.83 bits per heavy atom. The van der Waals surface area contributed by atoms with Crippen molar-refractivity contribution in [1.29, 1.82) is 0 Å². The predicted molar refractivity (Wildman–Crippen MR) is 113 cm³/mol. The maximum Gasteiger partial charge on any atom is 0.243 e. The van der Waals surface area contributed by atoms with Crippen LogP contribution < -0.4 is 20.1 Å². The highest BCUT2D eigenvalue weighted by atomic mass is 79.9. The lowest BCUT2D eigenvalue weighted by molar-refractivity contribution is -0.124. The van der Waals surface area contributed by atoms with Crippen molar-refractivity contribution in [2.24, 2.45) is 0 Å². The summed E-state index contributed by atoms with van der Waals surface area (Å²) in [5, 5.41) is 5.13. The van der Waals surface area contributed by atoms with Gasteiger partial charge < -0.3 is 15.4 Å². The van der Waals surface area contributed by atoms with Gasteiger partial charge in [0.15, 0.2) is 0 Å². The fraction of sp³-hybridized carbons (Fsp3) is 0.263. The molecule has 0 bridgehead atoms. The van der Waals surface area contributed by atoms with Crippen LogP contribution in [0.1, 0.15) is 12.0 Å². The first-order valence-corrected chi connectivity index (χ1v) is 11.0. The Morgan fingerprint density at radius 1 is 1.10 bits per heavy atom. The molecule has 0 aromatic heterocycles. The SMILES string of the molecule is COc1ccc(C)cc1NC(=O)CNC(=O)CCNS(=O)(=O)c1ccccc1Br. The molecule has 2 aromatic carbocycles. The summed E-state index contributed by atoms with van der Waals surface area (Å²) >= 11 is 3.18. The number of hydrogen-bond donors (Lipinski definition) is 3. The van der Waals surface area contributed by atoms with Crippen molar-refractivity contribution < 1.29 is 22.7 Å². The zero-order valence-corrected chi connectivity index (χ0v) is 18.4. The number of amides is 2. The number of halogens is 1. The fourth-order valence-corrected chi connectivity index (χ4v) is 4.45. The maximum absolute atomic E-state index is 12.2. The topological polar surface area (TPSA) is 114 Å². The van der Waals surface area contributed by atoms with E-state index in [0.29, 0.717) is 15.9 Å². The highest BCUT2D eigenvalue weighted by Crippen LogP contribution is 2.25. The third kappa shape index (κ3) is 6.84. The van der Waals surface area contributed by atoms with Gasteiger partial charge in [-0.3, -0.25) is 9.59 Å². The van der Waals surface area contributed by atoms with Gasteiger partial charge in [0.1, 0.15) is 5.75 Å². The van der Waals surface area contributed by atoms with Crippen molar-refractivity contribution >= 4 is 43.5 Å². The van der Waals surface area contributed by atoms with Gasteiger partial charge in [0, 0.05) is 17.4 Å². The van der Waals surface area contributed by atoms with Crippen molar-refractivity contribution in [3.8, 4) is 5.75 Å². The van der Waals surface area contributed by atoms with Crippen LogP contribution in [0.25, 0.3) is 0 Å². The van der Waals surface area contributed by atoms with E-state index >= 15 is 0 Å².